The number of nitrogens with zero attached hydrogens (tertiary/aromatic N) is 2. The number of carbonyl (C=O) groups excluding carboxylic acids is 4. The van der Waals surface area contributed by atoms with Crippen molar-refractivity contribution >= 4 is 23.6 Å². The number of fused-ring (bicyclic) bond motifs is 2. The maximum atomic E-state index is 13.3. The second-order valence-corrected chi connectivity index (χ2v) is 9.36. The van der Waals surface area contributed by atoms with E-state index in [0.717, 1.165) is 24.9 Å². The average Bonchev–Trinajstić information content (AvgIpc) is 3.28. The molecule has 2 aromatic rings. The number of nitrogens with one attached hydrogen (secondary N) is 2. The molecule has 0 saturated carbocycles. The summed E-state index contributed by atoms with van der Waals surface area (Å²) in [5.74, 6) is -2.37. The first-order valence-corrected chi connectivity index (χ1v) is 12.2. The summed E-state index contributed by atoms with van der Waals surface area (Å²) < 4.78 is 7.10. The minimum absolute atomic E-state index is 0.0825. The van der Waals surface area contributed by atoms with Crippen LogP contribution in [-0.2, 0) is 38.7 Å². The molecule has 0 fully saturated rings. The summed E-state index contributed by atoms with van der Waals surface area (Å²) in [5, 5.41) is 9.81. The van der Waals surface area contributed by atoms with Crippen LogP contribution in [-0.4, -0.2) is 45.9 Å². The molecule has 1 aliphatic rings. The Hall–Kier alpha value is -3.49. The average molecular weight is 483 g/mol. The molecule has 2 bridgehead atoms. The van der Waals surface area contributed by atoms with Crippen LogP contribution < -0.4 is 10.6 Å². The number of hydrogen-bond donors (Lipinski definition) is 2. The van der Waals surface area contributed by atoms with Gasteiger partial charge in [0.2, 0.25) is 5.78 Å². The summed E-state index contributed by atoms with van der Waals surface area (Å²) in [4.78, 5) is 51.1. The Morgan fingerprint density at radius 1 is 1.17 bits per heavy atom. The largest absolute Gasteiger partial charge is 0.445 e. The van der Waals surface area contributed by atoms with Gasteiger partial charge < -0.3 is 15.4 Å². The van der Waals surface area contributed by atoms with Gasteiger partial charge in [0, 0.05) is 38.0 Å². The van der Waals surface area contributed by atoms with E-state index in [-0.39, 0.29) is 31.1 Å². The molecule has 2 unspecified atom stereocenters. The van der Waals surface area contributed by atoms with Crippen molar-refractivity contribution in [2.45, 2.75) is 65.1 Å². The number of benzene rings is 1. The van der Waals surface area contributed by atoms with Crippen molar-refractivity contribution < 1.29 is 23.9 Å². The van der Waals surface area contributed by atoms with Gasteiger partial charge in [0.1, 0.15) is 6.61 Å². The Morgan fingerprint density at radius 2 is 1.94 bits per heavy atom. The molecule has 0 radical (unpaired) electrons. The van der Waals surface area contributed by atoms with Gasteiger partial charge in [-0.2, -0.15) is 5.10 Å². The van der Waals surface area contributed by atoms with Crippen molar-refractivity contribution in [1.82, 2.24) is 20.4 Å². The Kier molecular flexibility index (Phi) is 9.57. The number of aryl methyl sites for hydroxylation is 1. The molecular weight excluding hydrogens is 448 g/mol. The van der Waals surface area contributed by atoms with E-state index < -0.39 is 29.7 Å². The van der Waals surface area contributed by atoms with Gasteiger partial charge in [-0.15, -0.1) is 0 Å². The number of amides is 2. The second kappa shape index (κ2) is 12.8. The number of carbonyl (C=O) groups is 4. The second-order valence-electron chi connectivity index (χ2n) is 9.36. The highest BCUT2D eigenvalue weighted by Crippen LogP contribution is 2.18. The lowest BCUT2D eigenvalue weighted by molar-refractivity contribution is -0.141. The molecule has 9 heteroatoms. The van der Waals surface area contributed by atoms with E-state index in [1.165, 1.54) is 0 Å². The summed E-state index contributed by atoms with van der Waals surface area (Å²) in [6.45, 7) is 5.08. The molecule has 2 amide bonds. The number of ketones is 2. The van der Waals surface area contributed by atoms with Crippen molar-refractivity contribution in [2.24, 2.45) is 11.8 Å². The van der Waals surface area contributed by atoms with Crippen molar-refractivity contribution in [3.8, 4) is 0 Å². The van der Waals surface area contributed by atoms with Crippen LogP contribution in [0.1, 0.15) is 50.8 Å². The van der Waals surface area contributed by atoms with Crippen LogP contribution in [0, 0.1) is 11.8 Å². The molecule has 3 rings (SSSR count). The Bertz CT molecular complexity index is 1020. The number of ether oxygens (including phenoxy) is 1. The van der Waals surface area contributed by atoms with Gasteiger partial charge in [0.25, 0.3) is 5.91 Å². The molecule has 188 valence electrons. The van der Waals surface area contributed by atoms with E-state index in [0.29, 0.717) is 18.7 Å². The first-order chi connectivity index (χ1) is 16.8. The number of aromatic nitrogens is 2. The molecule has 0 aliphatic carbocycles. The van der Waals surface area contributed by atoms with E-state index in [2.05, 4.69) is 15.7 Å². The smallest absolute Gasteiger partial charge is 0.408 e. The first-order valence-electron chi connectivity index (χ1n) is 12.2. The Labute approximate surface area is 205 Å². The highest BCUT2D eigenvalue weighted by molar-refractivity contribution is 6.37. The molecule has 1 aliphatic heterocycles. The summed E-state index contributed by atoms with van der Waals surface area (Å²) in [7, 11) is 0. The number of rotatable bonds is 8. The van der Waals surface area contributed by atoms with Gasteiger partial charge in [0.05, 0.1) is 11.7 Å². The standard InChI is InChI=1S/C26H34N4O5/c1-18(2)14-22(28-26(34)35-17-19-8-4-3-5-9-19)23(31)16-20-15-21-10-13-30(29-21)12-7-6-11-27-25(33)24(20)32/h3-5,8-10,13,18,20,22H,6-7,11-12,14-17H2,1-2H3,(H,27,33)(H,28,34). The van der Waals surface area contributed by atoms with Crippen molar-refractivity contribution in [3.05, 3.63) is 53.9 Å². The van der Waals surface area contributed by atoms with Crippen LogP contribution in [0.25, 0.3) is 0 Å². The van der Waals surface area contributed by atoms with Gasteiger partial charge in [-0.25, -0.2) is 4.79 Å². The molecule has 2 N–H and O–H groups in total. The highest BCUT2D eigenvalue weighted by atomic mass is 16.5. The minimum atomic E-state index is -0.859. The zero-order valence-corrected chi connectivity index (χ0v) is 20.4. The Morgan fingerprint density at radius 3 is 2.69 bits per heavy atom. The van der Waals surface area contributed by atoms with E-state index >= 15 is 0 Å². The van der Waals surface area contributed by atoms with Crippen LogP contribution in [0.2, 0.25) is 0 Å². The summed E-state index contributed by atoms with van der Waals surface area (Å²) in [5.41, 5.74) is 1.49. The summed E-state index contributed by atoms with van der Waals surface area (Å²) >= 11 is 0. The van der Waals surface area contributed by atoms with E-state index in [1.54, 1.807) is 0 Å². The third-order valence-corrected chi connectivity index (χ3v) is 5.89. The number of hydrogen-bond acceptors (Lipinski definition) is 6. The van der Waals surface area contributed by atoms with Gasteiger partial charge in [-0.3, -0.25) is 19.1 Å². The third-order valence-electron chi connectivity index (χ3n) is 5.89. The van der Waals surface area contributed by atoms with E-state index in [1.807, 2.05) is 61.1 Å². The lowest BCUT2D eigenvalue weighted by Crippen LogP contribution is -2.44. The van der Waals surface area contributed by atoms with Crippen LogP contribution >= 0.6 is 0 Å². The summed E-state index contributed by atoms with van der Waals surface area (Å²) in [6.07, 6.45) is 3.10. The topological polar surface area (TPSA) is 119 Å². The fourth-order valence-electron chi connectivity index (χ4n) is 4.05. The van der Waals surface area contributed by atoms with E-state index in [9.17, 15) is 19.2 Å². The lowest BCUT2D eigenvalue weighted by atomic mass is 9.88. The molecule has 2 atom stereocenters. The van der Waals surface area contributed by atoms with Crippen molar-refractivity contribution in [1.29, 1.82) is 0 Å². The normalized spacial score (nSPS) is 17.6. The van der Waals surface area contributed by atoms with Gasteiger partial charge >= 0.3 is 6.09 Å². The monoisotopic (exact) mass is 482 g/mol. The van der Waals surface area contributed by atoms with Gasteiger partial charge in [-0.1, -0.05) is 44.2 Å². The molecule has 1 aromatic carbocycles. The molecule has 1 aromatic heterocycles. The van der Waals surface area contributed by atoms with Gasteiger partial charge in [-0.05, 0) is 36.8 Å². The quantitative estimate of drug-likeness (QED) is 0.559. The van der Waals surface area contributed by atoms with Crippen LogP contribution in [0.5, 0.6) is 0 Å². The molecule has 0 saturated heterocycles. The highest BCUT2D eigenvalue weighted by Gasteiger charge is 2.32. The fraction of sp³-hybridized carbons (Fsp3) is 0.500. The molecule has 0 spiro atoms. The molecule has 9 nitrogen and oxygen atoms in total. The first kappa shape index (κ1) is 26.1. The minimum Gasteiger partial charge on any atom is -0.445 e. The summed E-state index contributed by atoms with van der Waals surface area (Å²) in [6, 6.07) is 10.2. The van der Waals surface area contributed by atoms with Crippen LogP contribution in [0.3, 0.4) is 0 Å². The zero-order chi connectivity index (χ0) is 25.2. The third kappa shape index (κ3) is 8.35. The van der Waals surface area contributed by atoms with Crippen LogP contribution in [0.4, 0.5) is 4.79 Å². The van der Waals surface area contributed by atoms with Crippen molar-refractivity contribution in [2.75, 3.05) is 6.54 Å². The zero-order valence-electron chi connectivity index (χ0n) is 20.4. The fourth-order valence-corrected chi connectivity index (χ4v) is 4.05. The van der Waals surface area contributed by atoms with Gasteiger partial charge in [0.15, 0.2) is 5.78 Å². The molecule has 2 heterocycles. The molecule has 35 heavy (non-hydrogen) atoms. The number of Topliss-reactive ketones (excluding diaryl/α,β-unsaturated/α-hetero) is 2. The lowest BCUT2D eigenvalue weighted by Gasteiger charge is -2.22. The molecular formula is C26H34N4O5. The van der Waals surface area contributed by atoms with E-state index in [4.69, 9.17) is 4.74 Å². The maximum Gasteiger partial charge on any atom is 0.408 e. The van der Waals surface area contributed by atoms with Crippen LogP contribution in [0.15, 0.2) is 42.6 Å². The predicted molar refractivity (Wildman–Crippen MR) is 129 cm³/mol. The Balaban J connectivity index is 1.69. The maximum absolute atomic E-state index is 13.3. The SMILES string of the molecule is CC(C)CC(NC(=O)OCc1ccccc1)C(=O)CC1Cc2ccn(n2)CCCCNC(=O)C1=O. The number of alkyl carbamates (subject to hydrolysis) is 1. The van der Waals surface area contributed by atoms with Crippen molar-refractivity contribution in [3.63, 3.8) is 0 Å². The predicted octanol–water partition coefficient (Wildman–Crippen LogP) is 2.82.